The van der Waals surface area contributed by atoms with Crippen molar-refractivity contribution in [3.05, 3.63) is 0 Å². The summed E-state index contributed by atoms with van der Waals surface area (Å²) >= 11 is 0. The minimum atomic E-state index is -2.99. The maximum atomic E-state index is 11.5. The number of rotatable bonds is 7. The molecule has 0 saturated carbocycles. The highest BCUT2D eigenvalue weighted by Crippen LogP contribution is 2.15. The van der Waals surface area contributed by atoms with Gasteiger partial charge in [0.1, 0.15) is 0 Å². The zero-order valence-electron chi connectivity index (χ0n) is 10.5. The maximum Gasteiger partial charge on any atom is 0.153 e. The predicted molar refractivity (Wildman–Crippen MR) is 65.0 cm³/mol. The van der Waals surface area contributed by atoms with Gasteiger partial charge in [0.25, 0.3) is 0 Å². The van der Waals surface area contributed by atoms with Gasteiger partial charge in [-0.2, -0.15) is 0 Å². The second-order valence-corrected chi connectivity index (χ2v) is 7.27. The highest BCUT2D eigenvalue weighted by Gasteiger charge is 2.31. The van der Waals surface area contributed by atoms with E-state index in [1.165, 1.54) is 6.26 Å². The molecule has 5 heteroatoms. The Labute approximate surface area is 94.0 Å². The Kier molecular flexibility index (Phi) is 5.77. The molecule has 92 valence electrons. The van der Waals surface area contributed by atoms with Gasteiger partial charge in [-0.25, -0.2) is 8.42 Å². The van der Waals surface area contributed by atoms with Gasteiger partial charge in [-0.1, -0.05) is 6.92 Å². The van der Waals surface area contributed by atoms with E-state index in [9.17, 15) is 8.42 Å². The molecule has 0 aliphatic carbocycles. The Bertz CT molecular complexity index is 273. The van der Waals surface area contributed by atoms with Crippen LogP contribution in [0.15, 0.2) is 0 Å². The van der Waals surface area contributed by atoms with Gasteiger partial charge in [0, 0.05) is 25.9 Å². The van der Waals surface area contributed by atoms with Gasteiger partial charge in [-0.15, -0.1) is 0 Å². The van der Waals surface area contributed by atoms with Gasteiger partial charge in [0.05, 0.1) is 4.75 Å². The van der Waals surface area contributed by atoms with Crippen molar-refractivity contribution in [3.63, 3.8) is 0 Å². The summed E-state index contributed by atoms with van der Waals surface area (Å²) in [6.07, 6.45) is 1.30. The van der Waals surface area contributed by atoms with Crippen molar-refractivity contribution in [2.24, 2.45) is 0 Å². The van der Waals surface area contributed by atoms with Crippen molar-refractivity contribution < 1.29 is 8.42 Å². The summed E-state index contributed by atoms with van der Waals surface area (Å²) in [6.45, 7) is 8.87. The fraction of sp³-hybridized carbons (Fsp3) is 1.00. The minimum absolute atomic E-state index is 0.567. The second-order valence-electron chi connectivity index (χ2n) is 4.62. The molecule has 15 heavy (non-hydrogen) atoms. The van der Waals surface area contributed by atoms with Crippen molar-refractivity contribution in [1.82, 2.24) is 10.2 Å². The SMILES string of the molecule is CCNCCN(C)CC(C)(C)S(C)(=O)=O. The summed E-state index contributed by atoms with van der Waals surface area (Å²) in [7, 11) is -1.04. The molecule has 0 unspecified atom stereocenters. The van der Waals surface area contributed by atoms with Gasteiger partial charge in [0.15, 0.2) is 9.84 Å². The fourth-order valence-electron chi connectivity index (χ4n) is 1.29. The van der Waals surface area contributed by atoms with Gasteiger partial charge in [-0.3, -0.25) is 0 Å². The molecule has 0 saturated heterocycles. The lowest BCUT2D eigenvalue weighted by Crippen LogP contribution is -2.44. The third-order valence-electron chi connectivity index (χ3n) is 2.57. The normalized spacial score (nSPS) is 13.5. The molecule has 0 atom stereocenters. The van der Waals surface area contributed by atoms with Crippen LogP contribution in [0.1, 0.15) is 20.8 Å². The summed E-state index contributed by atoms with van der Waals surface area (Å²) in [5, 5.41) is 3.21. The van der Waals surface area contributed by atoms with E-state index in [0.29, 0.717) is 6.54 Å². The lowest BCUT2D eigenvalue weighted by molar-refractivity contribution is 0.303. The van der Waals surface area contributed by atoms with Gasteiger partial charge in [0.2, 0.25) is 0 Å². The third-order valence-corrected chi connectivity index (χ3v) is 4.71. The van der Waals surface area contributed by atoms with E-state index in [-0.39, 0.29) is 0 Å². The number of hydrogen-bond acceptors (Lipinski definition) is 4. The topological polar surface area (TPSA) is 49.4 Å². The van der Waals surface area contributed by atoms with Crippen LogP contribution < -0.4 is 5.32 Å². The van der Waals surface area contributed by atoms with Gasteiger partial charge in [-0.05, 0) is 27.4 Å². The lowest BCUT2D eigenvalue weighted by Gasteiger charge is -2.28. The van der Waals surface area contributed by atoms with Crippen molar-refractivity contribution >= 4 is 9.84 Å². The van der Waals surface area contributed by atoms with Crippen molar-refractivity contribution in [1.29, 1.82) is 0 Å². The molecule has 0 amide bonds. The quantitative estimate of drug-likeness (QED) is 0.648. The van der Waals surface area contributed by atoms with Crippen LogP contribution in [-0.4, -0.2) is 57.5 Å². The van der Waals surface area contributed by atoms with E-state index >= 15 is 0 Å². The van der Waals surface area contributed by atoms with E-state index in [1.807, 2.05) is 11.9 Å². The van der Waals surface area contributed by atoms with Crippen LogP contribution in [0.2, 0.25) is 0 Å². The molecule has 0 rings (SSSR count). The minimum Gasteiger partial charge on any atom is -0.316 e. The monoisotopic (exact) mass is 236 g/mol. The average Bonchev–Trinajstić information content (AvgIpc) is 2.01. The molecule has 4 nitrogen and oxygen atoms in total. The molecule has 0 aromatic carbocycles. The summed E-state index contributed by atoms with van der Waals surface area (Å²) in [4.78, 5) is 2.05. The largest absolute Gasteiger partial charge is 0.316 e. The lowest BCUT2D eigenvalue weighted by atomic mass is 10.2. The summed E-state index contributed by atoms with van der Waals surface area (Å²) in [6, 6.07) is 0. The van der Waals surface area contributed by atoms with Crippen LogP contribution in [-0.2, 0) is 9.84 Å². The Morgan fingerprint density at radius 2 is 1.87 bits per heavy atom. The first-order valence-corrected chi connectivity index (χ1v) is 7.18. The highest BCUT2D eigenvalue weighted by atomic mass is 32.2. The summed E-state index contributed by atoms with van der Waals surface area (Å²) in [5.74, 6) is 0. The number of nitrogens with zero attached hydrogens (tertiary/aromatic N) is 1. The standard InChI is InChI=1S/C10H24N2O2S/c1-6-11-7-8-12(4)9-10(2,3)15(5,13)14/h11H,6-9H2,1-5H3. The van der Waals surface area contributed by atoms with Crippen LogP contribution in [0.5, 0.6) is 0 Å². The molecule has 0 spiro atoms. The first-order chi connectivity index (χ1) is 6.70. The second kappa shape index (κ2) is 5.82. The third kappa shape index (κ3) is 5.49. The number of sulfone groups is 1. The molecule has 0 aliphatic heterocycles. The van der Waals surface area contributed by atoms with Crippen LogP contribution >= 0.6 is 0 Å². The van der Waals surface area contributed by atoms with Crippen molar-refractivity contribution in [3.8, 4) is 0 Å². The average molecular weight is 236 g/mol. The molecule has 0 bridgehead atoms. The Morgan fingerprint density at radius 1 is 1.33 bits per heavy atom. The molecule has 0 radical (unpaired) electrons. The molecular formula is C10H24N2O2S. The Balaban J connectivity index is 4.11. The molecule has 0 heterocycles. The van der Waals surface area contributed by atoms with Crippen LogP contribution in [0.4, 0.5) is 0 Å². The molecule has 0 aromatic rings. The molecule has 0 aromatic heterocycles. The van der Waals surface area contributed by atoms with Crippen LogP contribution in [0.3, 0.4) is 0 Å². The van der Waals surface area contributed by atoms with E-state index < -0.39 is 14.6 Å². The van der Waals surface area contributed by atoms with Crippen molar-refractivity contribution in [2.45, 2.75) is 25.5 Å². The summed E-state index contributed by atoms with van der Waals surface area (Å²) < 4.78 is 22.3. The zero-order chi connectivity index (χ0) is 12.1. The smallest absolute Gasteiger partial charge is 0.153 e. The number of nitrogens with one attached hydrogen (secondary N) is 1. The highest BCUT2D eigenvalue weighted by molar-refractivity contribution is 7.92. The van der Waals surface area contributed by atoms with Crippen LogP contribution in [0.25, 0.3) is 0 Å². The first-order valence-electron chi connectivity index (χ1n) is 5.29. The van der Waals surface area contributed by atoms with Gasteiger partial charge < -0.3 is 10.2 Å². The molecule has 0 aliphatic rings. The number of likely N-dealkylation sites (N-methyl/N-ethyl adjacent to an activating group) is 2. The molecule has 1 N–H and O–H groups in total. The Morgan fingerprint density at radius 3 is 2.27 bits per heavy atom. The van der Waals surface area contributed by atoms with Gasteiger partial charge >= 0.3 is 0 Å². The van der Waals surface area contributed by atoms with E-state index in [0.717, 1.165) is 19.6 Å². The maximum absolute atomic E-state index is 11.5. The van der Waals surface area contributed by atoms with E-state index in [1.54, 1.807) is 13.8 Å². The predicted octanol–water partition coefficient (Wildman–Crippen LogP) is 0.351. The fourth-order valence-corrected chi connectivity index (χ4v) is 1.75. The Hall–Kier alpha value is -0.130. The van der Waals surface area contributed by atoms with E-state index in [2.05, 4.69) is 12.2 Å². The van der Waals surface area contributed by atoms with Crippen molar-refractivity contribution in [2.75, 3.05) is 39.5 Å². The zero-order valence-corrected chi connectivity index (χ0v) is 11.3. The first kappa shape index (κ1) is 14.9. The van der Waals surface area contributed by atoms with Crippen LogP contribution in [0, 0.1) is 0 Å². The molecular weight excluding hydrogens is 212 g/mol. The number of hydrogen-bond donors (Lipinski definition) is 1. The summed E-state index contributed by atoms with van der Waals surface area (Å²) in [5.41, 5.74) is 0. The van der Waals surface area contributed by atoms with E-state index in [4.69, 9.17) is 0 Å². The molecule has 0 fully saturated rings.